The molecule has 0 saturated carbocycles. The van der Waals surface area contributed by atoms with E-state index in [9.17, 15) is 18.0 Å². The number of nitrogens with one attached hydrogen (secondary N) is 1. The number of amides is 1. The number of halogens is 3. The van der Waals surface area contributed by atoms with Gasteiger partial charge in [0.25, 0.3) is 5.91 Å². The summed E-state index contributed by atoms with van der Waals surface area (Å²) in [4.78, 5) is 12.3. The van der Waals surface area contributed by atoms with E-state index in [-0.39, 0.29) is 28.6 Å². The summed E-state index contributed by atoms with van der Waals surface area (Å²) in [5.74, 6) is -1.40. The molecule has 2 aromatic carbocycles. The third-order valence-corrected chi connectivity index (χ3v) is 3.58. The minimum Gasteiger partial charge on any atom is -0.395 e. The monoisotopic (exact) mass is 361 g/mol. The lowest BCUT2D eigenvalue weighted by Crippen LogP contribution is -2.25. The van der Waals surface area contributed by atoms with E-state index in [1.54, 1.807) is 12.1 Å². The van der Waals surface area contributed by atoms with Gasteiger partial charge in [0.1, 0.15) is 11.5 Å². The number of para-hydroxylation sites is 1. The Kier molecular flexibility index (Phi) is 3.57. The van der Waals surface area contributed by atoms with Crippen LogP contribution in [-0.2, 0) is 0 Å². The first-order valence-electron chi connectivity index (χ1n) is 7.43. The second-order valence-electron chi connectivity index (χ2n) is 5.38. The van der Waals surface area contributed by atoms with Crippen molar-refractivity contribution in [1.29, 1.82) is 0 Å². The van der Waals surface area contributed by atoms with Crippen LogP contribution in [0, 0.1) is 5.82 Å². The predicted molar refractivity (Wildman–Crippen MR) is 84.1 cm³/mol. The molecule has 0 saturated heterocycles. The van der Waals surface area contributed by atoms with Crippen LogP contribution in [0.5, 0.6) is 11.5 Å². The highest BCUT2D eigenvalue weighted by molar-refractivity contribution is 6.03. The van der Waals surface area contributed by atoms with Gasteiger partial charge in [0, 0.05) is 18.0 Å². The Morgan fingerprint density at radius 2 is 1.85 bits per heavy atom. The molecule has 2 heterocycles. The van der Waals surface area contributed by atoms with Crippen LogP contribution in [0.25, 0.3) is 5.69 Å². The molecule has 1 N–H and O–H groups in total. The van der Waals surface area contributed by atoms with Crippen molar-refractivity contribution in [1.82, 2.24) is 9.78 Å². The maximum Gasteiger partial charge on any atom is 0.586 e. The Morgan fingerprint density at radius 3 is 2.65 bits per heavy atom. The molecule has 1 amide bonds. The van der Waals surface area contributed by atoms with Gasteiger partial charge in [0.15, 0.2) is 17.2 Å². The summed E-state index contributed by atoms with van der Waals surface area (Å²) >= 11 is 0. The minimum absolute atomic E-state index is 0.0243. The molecule has 0 spiro atoms. The normalized spacial score (nSPS) is 14.3. The number of fused-ring (bicyclic) bond motifs is 1. The number of carbonyl (C=O) groups is 1. The van der Waals surface area contributed by atoms with Crippen LogP contribution in [0.1, 0.15) is 10.5 Å². The SMILES string of the molecule is O=C(Nc1ccc2c(c1)OC(F)(F)O2)c1ccn(-c2ccccc2F)n1. The largest absolute Gasteiger partial charge is 0.586 e. The molecular formula is C17H10F3N3O3. The molecule has 0 radical (unpaired) electrons. The first-order valence-corrected chi connectivity index (χ1v) is 7.43. The molecule has 6 nitrogen and oxygen atoms in total. The van der Waals surface area contributed by atoms with Crippen LogP contribution in [-0.4, -0.2) is 22.0 Å². The van der Waals surface area contributed by atoms with Crippen molar-refractivity contribution in [3.05, 3.63) is 66.2 Å². The van der Waals surface area contributed by atoms with Crippen molar-refractivity contribution in [3.8, 4) is 17.2 Å². The Morgan fingerprint density at radius 1 is 1.08 bits per heavy atom. The maximum absolute atomic E-state index is 13.8. The topological polar surface area (TPSA) is 65.4 Å². The van der Waals surface area contributed by atoms with Gasteiger partial charge < -0.3 is 14.8 Å². The van der Waals surface area contributed by atoms with Crippen LogP contribution in [0.3, 0.4) is 0 Å². The molecule has 26 heavy (non-hydrogen) atoms. The van der Waals surface area contributed by atoms with Gasteiger partial charge in [-0.3, -0.25) is 4.79 Å². The summed E-state index contributed by atoms with van der Waals surface area (Å²) in [7, 11) is 0. The number of anilines is 1. The standard InChI is InChI=1S/C17H10F3N3O3/c18-11-3-1-2-4-13(11)23-8-7-12(22-23)16(24)21-10-5-6-14-15(9-10)26-17(19,20)25-14/h1-9H,(H,21,24). The van der Waals surface area contributed by atoms with E-state index < -0.39 is 18.0 Å². The number of rotatable bonds is 3. The molecule has 0 atom stereocenters. The van der Waals surface area contributed by atoms with Gasteiger partial charge in [0.2, 0.25) is 0 Å². The Labute approximate surface area is 144 Å². The summed E-state index contributed by atoms with van der Waals surface area (Å²) < 4.78 is 49.6. The number of aromatic nitrogens is 2. The number of hydrogen-bond donors (Lipinski definition) is 1. The molecule has 1 aliphatic rings. The smallest absolute Gasteiger partial charge is 0.395 e. The number of nitrogens with zero attached hydrogens (tertiary/aromatic N) is 2. The lowest BCUT2D eigenvalue weighted by atomic mass is 10.2. The highest BCUT2D eigenvalue weighted by Gasteiger charge is 2.43. The second-order valence-corrected chi connectivity index (χ2v) is 5.38. The van der Waals surface area contributed by atoms with E-state index in [1.165, 1.54) is 47.3 Å². The predicted octanol–water partition coefficient (Wildman–Crippen LogP) is 3.59. The number of carbonyl (C=O) groups excluding carboxylic acids is 1. The summed E-state index contributed by atoms with van der Waals surface area (Å²) in [5, 5.41) is 6.53. The van der Waals surface area contributed by atoms with Gasteiger partial charge in [-0.1, -0.05) is 12.1 Å². The van der Waals surface area contributed by atoms with Crippen molar-refractivity contribution < 1.29 is 27.4 Å². The molecule has 1 aromatic heterocycles. The van der Waals surface area contributed by atoms with Crippen LogP contribution in [0.15, 0.2) is 54.7 Å². The van der Waals surface area contributed by atoms with Gasteiger partial charge in [-0.25, -0.2) is 9.07 Å². The summed E-state index contributed by atoms with van der Waals surface area (Å²) in [6.07, 6.45) is -2.29. The van der Waals surface area contributed by atoms with Crippen LogP contribution >= 0.6 is 0 Å². The third-order valence-electron chi connectivity index (χ3n) is 3.58. The van der Waals surface area contributed by atoms with Gasteiger partial charge in [-0.15, -0.1) is 8.78 Å². The lowest BCUT2D eigenvalue weighted by Gasteiger charge is -2.05. The highest BCUT2D eigenvalue weighted by atomic mass is 19.3. The number of hydrogen-bond acceptors (Lipinski definition) is 4. The van der Waals surface area contributed by atoms with E-state index in [0.29, 0.717) is 0 Å². The van der Waals surface area contributed by atoms with E-state index in [2.05, 4.69) is 19.9 Å². The first kappa shape index (κ1) is 16.0. The summed E-state index contributed by atoms with van der Waals surface area (Å²) in [6.45, 7) is 0. The fourth-order valence-corrected chi connectivity index (χ4v) is 2.44. The van der Waals surface area contributed by atoms with Crippen molar-refractivity contribution in [2.75, 3.05) is 5.32 Å². The average Bonchev–Trinajstić information content (AvgIpc) is 3.18. The number of ether oxygens (including phenoxy) is 2. The molecule has 9 heteroatoms. The van der Waals surface area contributed by atoms with Gasteiger partial charge in [-0.05, 0) is 30.3 Å². The fourth-order valence-electron chi connectivity index (χ4n) is 2.44. The highest BCUT2D eigenvalue weighted by Crippen LogP contribution is 2.42. The zero-order chi connectivity index (χ0) is 18.3. The molecule has 132 valence electrons. The molecule has 1 aliphatic heterocycles. The quantitative estimate of drug-likeness (QED) is 0.774. The van der Waals surface area contributed by atoms with E-state index in [0.717, 1.165) is 0 Å². The number of alkyl halides is 2. The van der Waals surface area contributed by atoms with Gasteiger partial charge in [-0.2, -0.15) is 5.10 Å². The molecule has 0 unspecified atom stereocenters. The van der Waals surface area contributed by atoms with Crippen molar-refractivity contribution in [2.24, 2.45) is 0 Å². The van der Waals surface area contributed by atoms with Crippen LogP contribution in [0.4, 0.5) is 18.9 Å². The van der Waals surface area contributed by atoms with Crippen molar-refractivity contribution in [2.45, 2.75) is 6.29 Å². The van der Waals surface area contributed by atoms with Crippen LogP contribution < -0.4 is 14.8 Å². The Balaban J connectivity index is 1.53. The molecule has 3 aromatic rings. The first-order chi connectivity index (χ1) is 12.4. The Hall–Kier alpha value is -3.49. The van der Waals surface area contributed by atoms with Crippen LogP contribution in [0.2, 0.25) is 0 Å². The van der Waals surface area contributed by atoms with E-state index >= 15 is 0 Å². The lowest BCUT2D eigenvalue weighted by molar-refractivity contribution is -0.286. The van der Waals surface area contributed by atoms with Gasteiger partial charge in [0.05, 0.1) is 0 Å². The summed E-state index contributed by atoms with van der Waals surface area (Å²) in [5.41, 5.74) is 0.434. The molecule has 0 fully saturated rings. The second kappa shape index (κ2) is 5.80. The molecule has 0 aliphatic carbocycles. The average molecular weight is 361 g/mol. The van der Waals surface area contributed by atoms with Crippen molar-refractivity contribution in [3.63, 3.8) is 0 Å². The minimum atomic E-state index is -3.73. The Bertz CT molecular complexity index is 1000. The van der Waals surface area contributed by atoms with Crippen molar-refractivity contribution >= 4 is 11.6 Å². The summed E-state index contributed by atoms with van der Waals surface area (Å²) in [6, 6.07) is 11.2. The fraction of sp³-hybridized carbons (Fsp3) is 0.0588. The van der Waals surface area contributed by atoms with Gasteiger partial charge >= 0.3 is 6.29 Å². The third kappa shape index (κ3) is 2.94. The molecule has 0 bridgehead atoms. The molecular weight excluding hydrogens is 351 g/mol. The van der Waals surface area contributed by atoms with E-state index in [4.69, 9.17) is 0 Å². The zero-order valence-electron chi connectivity index (χ0n) is 12.9. The molecule has 4 rings (SSSR count). The van der Waals surface area contributed by atoms with E-state index in [1.807, 2.05) is 0 Å². The number of benzene rings is 2. The maximum atomic E-state index is 13.8. The zero-order valence-corrected chi connectivity index (χ0v) is 12.9.